The van der Waals surface area contributed by atoms with Crippen LogP contribution in [0.15, 0.2) is 42.5 Å². The highest BCUT2D eigenvalue weighted by molar-refractivity contribution is 6.35. The summed E-state index contributed by atoms with van der Waals surface area (Å²) in [4.78, 5) is 21.9. The van der Waals surface area contributed by atoms with Crippen molar-refractivity contribution in [3.8, 4) is 17.1 Å². The summed E-state index contributed by atoms with van der Waals surface area (Å²) in [6.07, 6.45) is 0. The third-order valence-electron chi connectivity index (χ3n) is 5.17. The van der Waals surface area contributed by atoms with Gasteiger partial charge in [0.1, 0.15) is 11.8 Å². The van der Waals surface area contributed by atoms with Crippen molar-refractivity contribution in [2.45, 2.75) is 6.04 Å². The van der Waals surface area contributed by atoms with Gasteiger partial charge >= 0.3 is 0 Å². The van der Waals surface area contributed by atoms with Gasteiger partial charge in [-0.1, -0.05) is 17.7 Å². The Hall–Kier alpha value is -3.43. The molecule has 3 N–H and O–H groups in total. The van der Waals surface area contributed by atoms with E-state index in [1.165, 1.54) is 0 Å². The van der Waals surface area contributed by atoms with Crippen LogP contribution in [0.1, 0.15) is 0 Å². The Kier molecular flexibility index (Phi) is 5.05. The molecule has 10 heteroatoms. The summed E-state index contributed by atoms with van der Waals surface area (Å²) < 4.78 is 6.86. The molecule has 0 spiro atoms. The molecule has 1 fully saturated rings. The molecule has 1 atom stereocenters. The van der Waals surface area contributed by atoms with E-state index >= 15 is 0 Å². The fraction of sp³-hybridized carbons (Fsp3) is 0.238. The quantitative estimate of drug-likeness (QED) is 0.449. The normalized spacial score (nSPS) is 16.8. The first kappa shape index (κ1) is 19.5. The number of carbonyl (C=O) groups excluding carboxylic acids is 1. The molecule has 3 heterocycles. The van der Waals surface area contributed by atoms with Gasteiger partial charge in [-0.2, -0.15) is 4.52 Å². The maximum absolute atomic E-state index is 12.4. The number of rotatable bonds is 4. The number of aromatic nitrogens is 4. The standard InChI is InChI=1S/C21H20ClN7O2/c1-31-13-7-5-12(6-8-13)18-27-19-14-3-2-4-15(22)17(14)26-21(29(19)28-18)25-16-11-23-9-10-24-20(16)30/h2-8,16,23H,9-11H2,1H3,(H,24,30)(H,25,26)/t16-/m1/s1. The number of amides is 1. The van der Waals surface area contributed by atoms with E-state index in [0.29, 0.717) is 47.6 Å². The number of nitrogens with one attached hydrogen (secondary N) is 3. The van der Waals surface area contributed by atoms with Crippen LogP contribution >= 0.6 is 11.6 Å². The van der Waals surface area contributed by atoms with E-state index in [4.69, 9.17) is 21.3 Å². The number of anilines is 1. The summed E-state index contributed by atoms with van der Waals surface area (Å²) in [5, 5.41) is 15.3. The van der Waals surface area contributed by atoms with Crippen molar-refractivity contribution >= 4 is 40.0 Å². The molecule has 9 nitrogen and oxygen atoms in total. The molecule has 0 aliphatic carbocycles. The Bertz CT molecular complexity index is 1270. The maximum atomic E-state index is 12.4. The topological polar surface area (TPSA) is 105 Å². The van der Waals surface area contributed by atoms with Crippen molar-refractivity contribution in [3.05, 3.63) is 47.5 Å². The van der Waals surface area contributed by atoms with E-state index in [2.05, 4.69) is 26.0 Å². The lowest BCUT2D eigenvalue weighted by Crippen LogP contribution is -2.42. The number of ether oxygens (including phenoxy) is 1. The molecule has 2 aromatic carbocycles. The number of fused-ring (bicyclic) bond motifs is 3. The summed E-state index contributed by atoms with van der Waals surface area (Å²) in [6.45, 7) is 1.76. The predicted molar refractivity (Wildman–Crippen MR) is 119 cm³/mol. The number of nitrogens with zero attached hydrogens (tertiary/aromatic N) is 4. The molecule has 1 aliphatic rings. The van der Waals surface area contributed by atoms with Crippen LogP contribution in [-0.2, 0) is 4.79 Å². The molecule has 1 saturated heterocycles. The van der Waals surface area contributed by atoms with Crippen LogP contribution in [0, 0.1) is 0 Å². The molecular weight excluding hydrogens is 418 g/mol. The third-order valence-corrected chi connectivity index (χ3v) is 5.48. The van der Waals surface area contributed by atoms with Crippen LogP contribution in [0.25, 0.3) is 27.9 Å². The summed E-state index contributed by atoms with van der Waals surface area (Å²) in [6, 6.07) is 12.5. The zero-order chi connectivity index (χ0) is 21.4. The summed E-state index contributed by atoms with van der Waals surface area (Å²) in [5.74, 6) is 1.57. The van der Waals surface area contributed by atoms with Crippen molar-refractivity contribution in [1.82, 2.24) is 30.2 Å². The molecule has 1 aliphatic heterocycles. The number of halogens is 1. The second kappa shape index (κ2) is 8.01. The third kappa shape index (κ3) is 3.62. The molecule has 158 valence electrons. The molecule has 2 aromatic heterocycles. The van der Waals surface area contributed by atoms with Gasteiger partial charge < -0.3 is 20.7 Å². The number of hydrogen-bond donors (Lipinski definition) is 3. The number of benzene rings is 2. The van der Waals surface area contributed by atoms with E-state index < -0.39 is 6.04 Å². The van der Waals surface area contributed by atoms with Gasteiger partial charge in [0, 0.05) is 30.6 Å². The van der Waals surface area contributed by atoms with E-state index in [-0.39, 0.29) is 5.91 Å². The van der Waals surface area contributed by atoms with Crippen LogP contribution in [-0.4, -0.2) is 58.3 Å². The van der Waals surface area contributed by atoms with Crippen LogP contribution in [0.5, 0.6) is 5.75 Å². The van der Waals surface area contributed by atoms with Crippen molar-refractivity contribution in [1.29, 1.82) is 0 Å². The summed E-state index contributed by atoms with van der Waals surface area (Å²) in [5.41, 5.74) is 2.03. The van der Waals surface area contributed by atoms with Crippen LogP contribution in [0.4, 0.5) is 5.95 Å². The SMILES string of the molecule is COc1ccc(-c2nc3c4cccc(Cl)c4nc(N[C@@H]4CNCCNC4=O)n3n2)cc1. The van der Waals surface area contributed by atoms with E-state index in [0.717, 1.165) is 16.7 Å². The average molecular weight is 438 g/mol. The Labute approximate surface area is 182 Å². The highest BCUT2D eigenvalue weighted by Gasteiger charge is 2.23. The van der Waals surface area contributed by atoms with E-state index in [1.807, 2.05) is 36.4 Å². The van der Waals surface area contributed by atoms with Gasteiger partial charge in [0.15, 0.2) is 11.5 Å². The summed E-state index contributed by atoms with van der Waals surface area (Å²) in [7, 11) is 1.62. The van der Waals surface area contributed by atoms with Gasteiger partial charge in [0.05, 0.1) is 17.6 Å². The lowest BCUT2D eigenvalue weighted by atomic mass is 10.2. The number of hydrogen-bond acceptors (Lipinski definition) is 7. The highest BCUT2D eigenvalue weighted by Crippen LogP contribution is 2.29. The lowest BCUT2D eigenvalue weighted by molar-refractivity contribution is -0.121. The first-order valence-corrected chi connectivity index (χ1v) is 10.3. The van der Waals surface area contributed by atoms with E-state index in [9.17, 15) is 4.79 Å². The van der Waals surface area contributed by atoms with Crippen LogP contribution in [0.2, 0.25) is 5.02 Å². The van der Waals surface area contributed by atoms with Crippen LogP contribution < -0.4 is 20.7 Å². The van der Waals surface area contributed by atoms with Crippen molar-refractivity contribution in [2.24, 2.45) is 0 Å². The minimum atomic E-state index is -0.508. The predicted octanol–water partition coefficient (Wildman–Crippen LogP) is 2.11. The molecular formula is C21H20ClN7O2. The van der Waals surface area contributed by atoms with Gasteiger partial charge in [-0.3, -0.25) is 4.79 Å². The molecule has 31 heavy (non-hydrogen) atoms. The lowest BCUT2D eigenvalue weighted by Gasteiger charge is -2.16. The number of methoxy groups -OCH3 is 1. The second-order valence-corrected chi connectivity index (χ2v) is 7.57. The fourth-order valence-corrected chi connectivity index (χ4v) is 3.78. The first-order chi connectivity index (χ1) is 15.1. The maximum Gasteiger partial charge on any atom is 0.243 e. The molecule has 0 unspecified atom stereocenters. The molecule has 0 radical (unpaired) electrons. The van der Waals surface area contributed by atoms with Gasteiger partial charge in [0.2, 0.25) is 11.9 Å². The zero-order valence-corrected chi connectivity index (χ0v) is 17.5. The Morgan fingerprint density at radius 2 is 2.00 bits per heavy atom. The zero-order valence-electron chi connectivity index (χ0n) is 16.7. The Morgan fingerprint density at radius 3 is 2.81 bits per heavy atom. The van der Waals surface area contributed by atoms with Crippen molar-refractivity contribution in [3.63, 3.8) is 0 Å². The van der Waals surface area contributed by atoms with Gasteiger partial charge in [-0.25, -0.2) is 9.97 Å². The van der Waals surface area contributed by atoms with Gasteiger partial charge in [-0.15, -0.1) is 5.10 Å². The Balaban J connectivity index is 1.66. The minimum absolute atomic E-state index is 0.102. The first-order valence-electron chi connectivity index (χ1n) is 9.88. The largest absolute Gasteiger partial charge is 0.497 e. The molecule has 1 amide bonds. The van der Waals surface area contributed by atoms with Crippen LogP contribution in [0.3, 0.4) is 0 Å². The highest BCUT2D eigenvalue weighted by atomic mass is 35.5. The smallest absolute Gasteiger partial charge is 0.243 e. The average Bonchev–Trinajstić information content (AvgIpc) is 3.15. The molecule has 0 bridgehead atoms. The Morgan fingerprint density at radius 1 is 1.16 bits per heavy atom. The van der Waals surface area contributed by atoms with Gasteiger partial charge in [-0.05, 0) is 36.4 Å². The second-order valence-electron chi connectivity index (χ2n) is 7.16. The number of carbonyl (C=O) groups is 1. The van der Waals surface area contributed by atoms with Crippen molar-refractivity contribution < 1.29 is 9.53 Å². The van der Waals surface area contributed by atoms with E-state index in [1.54, 1.807) is 17.7 Å². The fourth-order valence-electron chi connectivity index (χ4n) is 3.56. The summed E-state index contributed by atoms with van der Waals surface area (Å²) >= 11 is 6.43. The number of para-hydroxylation sites is 1. The monoisotopic (exact) mass is 437 g/mol. The minimum Gasteiger partial charge on any atom is -0.497 e. The van der Waals surface area contributed by atoms with Gasteiger partial charge in [0.25, 0.3) is 0 Å². The molecule has 5 rings (SSSR count). The molecule has 0 saturated carbocycles. The van der Waals surface area contributed by atoms with Crippen molar-refractivity contribution in [2.75, 3.05) is 32.1 Å². The molecule has 4 aromatic rings.